The van der Waals surface area contributed by atoms with E-state index in [0.717, 1.165) is 4.90 Å². The van der Waals surface area contributed by atoms with Gasteiger partial charge in [0.1, 0.15) is 23.8 Å². The third-order valence-corrected chi connectivity index (χ3v) is 7.20. The number of carbonyl (C=O) groups excluding carboxylic acids is 3. The van der Waals surface area contributed by atoms with Crippen molar-refractivity contribution in [1.29, 1.82) is 0 Å². The summed E-state index contributed by atoms with van der Waals surface area (Å²) in [5.41, 5.74) is 0.601. The van der Waals surface area contributed by atoms with Crippen molar-refractivity contribution in [3.8, 4) is 0 Å². The number of halogens is 2. The number of nitro benzene ring substituents is 1. The van der Waals surface area contributed by atoms with Crippen LogP contribution >= 0.6 is 35.0 Å². The summed E-state index contributed by atoms with van der Waals surface area (Å²) < 4.78 is 5.21. The molecule has 2 aromatic carbocycles. The zero-order chi connectivity index (χ0) is 25.3. The molecule has 2 aliphatic rings. The van der Waals surface area contributed by atoms with Crippen molar-refractivity contribution in [2.24, 2.45) is 0 Å². The fourth-order valence-electron chi connectivity index (χ4n) is 3.60. The number of thioether (sulfide) groups is 1. The SMILES string of the molecule is O=C(Cc1cc(Cl)ccc1Cl)NC1C(=O)N2C(C(=O)OCc3ccc([N+](=O)[O-])cc3)=C(O)CS[C@@H]12. The van der Waals surface area contributed by atoms with Crippen LogP contribution in [-0.4, -0.2) is 49.9 Å². The highest BCUT2D eigenvalue weighted by Crippen LogP contribution is 2.40. The third kappa shape index (κ3) is 5.21. The maximum Gasteiger partial charge on any atom is 0.358 e. The molecule has 1 fully saturated rings. The van der Waals surface area contributed by atoms with Gasteiger partial charge in [0.25, 0.3) is 11.6 Å². The molecular weight excluding hydrogens is 521 g/mol. The van der Waals surface area contributed by atoms with Crippen LogP contribution in [0.15, 0.2) is 53.9 Å². The van der Waals surface area contributed by atoms with Crippen LogP contribution in [0.5, 0.6) is 0 Å². The standard InChI is InChI=1S/C22H17Cl2N3O7S/c23-13-3-6-15(24)12(7-13)8-17(29)25-18-20(30)26-19(16(28)10-35-21(18)26)22(31)34-9-11-1-4-14(5-2-11)27(32)33/h1-7,18,21,28H,8-10H2,(H,25,29)/t18?,21-/m0/s1. The Balaban J connectivity index is 1.38. The van der Waals surface area contributed by atoms with Crippen molar-refractivity contribution in [1.82, 2.24) is 10.2 Å². The number of β-lactam (4-membered cyclic amide) rings is 1. The van der Waals surface area contributed by atoms with Crippen LogP contribution in [0.2, 0.25) is 10.0 Å². The summed E-state index contributed by atoms with van der Waals surface area (Å²) in [7, 11) is 0. The van der Waals surface area contributed by atoms with Crippen LogP contribution in [0.4, 0.5) is 5.69 Å². The molecule has 0 aromatic heterocycles. The van der Waals surface area contributed by atoms with Gasteiger partial charge in [0.15, 0.2) is 5.70 Å². The molecule has 2 atom stereocenters. The van der Waals surface area contributed by atoms with Crippen molar-refractivity contribution < 1.29 is 29.2 Å². The van der Waals surface area contributed by atoms with Gasteiger partial charge in [0, 0.05) is 22.2 Å². The van der Waals surface area contributed by atoms with E-state index in [2.05, 4.69) is 5.32 Å². The highest BCUT2D eigenvalue weighted by atomic mass is 35.5. The van der Waals surface area contributed by atoms with Crippen LogP contribution < -0.4 is 5.32 Å². The number of hydrogen-bond donors (Lipinski definition) is 2. The number of nitrogens with one attached hydrogen (secondary N) is 1. The Bertz CT molecular complexity index is 1250. The first-order valence-corrected chi connectivity index (χ1v) is 12.0. The van der Waals surface area contributed by atoms with Gasteiger partial charge >= 0.3 is 5.97 Å². The molecule has 4 rings (SSSR count). The van der Waals surface area contributed by atoms with Gasteiger partial charge in [-0.2, -0.15) is 0 Å². The van der Waals surface area contributed by atoms with Gasteiger partial charge in [-0.25, -0.2) is 4.79 Å². The van der Waals surface area contributed by atoms with Crippen molar-refractivity contribution >= 4 is 58.4 Å². The maximum absolute atomic E-state index is 12.8. The van der Waals surface area contributed by atoms with E-state index in [9.17, 15) is 29.6 Å². The Morgan fingerprint density at radius 2 is 1.94 bits per heavy atom. The number of esters is 1. The lowest BCUT2D eigenvalue weighted by molar-refractivity contribution is -0.384. The molecule has 182 valence electrons. The minimum absolute atomic E-state index is 0.0445. The topological polar surface area (TPSA) is 139 Å². The summed E-state index contributed by atoms with van der Waals surface area (Å²) >= 11 is 13.2. The van der Waals surface area contributed by atoms with E-state index in [0.29, 0.717) is 21.2 Å². The van der Waals surface area contributed by atoms with Crippen LogP contribution in [-0.2, 0) is 32.1 Å². The Morgan fingerprint density at radius 1 is 1.23 bits per heavy atom. The summed E-state index contributed by atoms with van der Waals surface area (Å²) in [5, 5.41) is 23.8. The zero-order valence-electron chi connectivity index (χ0n) is 17.8. The van der Waals surface area contributed by atoms with Gasteiger partial charge in [-0.3, -0.25) is 24.6 Å². The first-order valence-electron chi connectivity index (χ1n) is 10.2. The van der Waals surface area contributed by atoms with Crippen molar-refractivity contribution in [3.05, 3.63) is 85.2 Å². The van der Waals surface area contributed by atoms with E-state index in [4.69, 9.17) is 27.9 Å². The van der Waals surface area contributed by atoms with Crippen LogP contribution in [0.1, 0.15) is 11.1 Å². The lowest BCUT2D eigenvalue weighted by Gasteiger charge is -2.48. The molecule has 0 aliphatic carbocycles. The average molecular weight is 538 g/mol. The Hall–Kier alpha value is -3.28. The number of amides is 2. The van der Waals surface area contributed by atoms with Gasteiger partial charge in [0.05, 0.1) is 17.1 Å². The molecule has 0 bridgehead atoms. The second-order valence-corrected chi connectivity index (χ2v) is 9.61. The second-order valence-electron chi connectivity index (χ2n) is 7.66. The maximum atomic E-state index is 12.8. The lowest BCUT2D eigenvalue weighted by atomic mass is 10.0. The van der Waals surface area contributed by atoms with Crippen molar-refractivity contribution in [2.45, 2.75) is 24.4 Å². The first kappa shape index (κ1) is 24.8. The van der Waals surface area contributed by atoms with Crippen LogP contribution in [0.3, 0.4) is 0 Å². The summed E-state index contributed by atoms with van der Waals surface area (Å²) in [6.07, 6.45) is -0.0915. The first-order chi connectivity index (χ1) is 16.7. The minimum Gasteiger partial charge on any atom is -0.509 e. The monoisotopic (exact) mass is 537 g/mol. The fourth-order valence-corrected chi connectivity index (χ4v) is 5.18. The van der Waals surface area contributed by atoms with Crippen molar-refractivity contribution in [2.75, 3.05) is 5.75 Å². The molecule has 0 spiro atoms. The molecular formula is C22H17Cl2N3O7S. The van der Waals surface area contributed by atoms with Gasteiger partial charge in [-0.15, -0.1) is 11.8 Å². The molecule has 0 radical (unpaired) electrons. The molecule has 2 amide bonds. The Kier molecular flexibility index (Phi) is 7.20. The molecule has 2 aromatic rings. The molecule has 1 saturated heterocycles. The van der Waals surface area contributed by atoms with E-state index >= 15 is 0 Å². The molecule has 0 saturated carbocycles. The molecule has 1 unspecified atom stereocenters. The normalized spacial score (nSPS) is 19.0. The number of aliphatic hydroxyl groups excluding tert-OH is 1. The zero-order valence-corrected chi connectivity index (χ0v) is 20.1. The summed E-state index contributed by atoms with van der Waals surface area (Å²) in [5.74, 6) is -2.21. The highest BCUT2D eigenvalue weighted by Gasteiger charge is 2.54. The fraction of sp³-hybridized carbons (Fsp3) is 0.227. The van der Waals surface area contributed by atoms with E-state index in [1.54, 1.807) is 18.2 Å². The van der Waals surface area contributed by atoms with Crippen LogP contribution in [0, 0.1) is 10.1 Å². The van der Waals surface area contributed by atoms with E-state index in [1.165, 1.54) is 36.0 Å². The number of nitrogens with zero attached hydrogens (tertiary/aromatic N) is 2. The minimum atomic E-state index is -0.921. The van der Waals surface area contributed by atoms with Crippen LogP contribution in [0.25, 0.3) is 0 Å². The number of aliphatic hydroxyl groups is 1. The average Bonchev–Trinajstić information content (AvgIpc) is 2.83. The Labute approximate surface area is 213 Å². The van der Waals surface area contributed by atoms with E-state index in [1.807, 2.05) is 0 Å². The molecule has 35 heavy (non-hydrogen) atoms. The predicted molar refractivity (Wildman–Crippen MR) is 128 cm³/mol. The summed E-state index contributed by atoms with van der Waals surface area (Å²) in [4.78, 5) is 49.3. The third-order valence-electron chi connectivity index (χ3n) is 5.33. The second kappa shape index (κ2) is 10.1. The number of hydrogen-bond acceptors (Lipinski definition) is 8. The Morgan fingerprint density at radius 3 is 2.63 bits per heavy atom. The highest BCUT2D eigenvalue weighted by molar-refractivity contribution is 8.00. The molecule has 13 heteroatoms. The number of carbonyl (C=O) groups is 3. The lowest BCUT2D eigenvalue weighted by Crippen LogP contribution is -2.70. The van der Waals surface area contributed by atoms with Gasteiger partial charge in [0.2, 0.25) is 5.91 Å². The summed E-state index contributed by atoms with van der Waals surface area (Å²) in [6, 6.07) is 9.26. The largest absolute Gasteiger partial charge is 0.509 e. The number of nitro groups is 1. The van der Waals surface area contributed by atoms with E-state index in [-0.39, 0.29) is 35.9 Å². The number of ether oxygens (including phenoxy) is 1. The van der Waals surface area contributed by atoms with Gasteiger partial charge < -0.3 is 15.2 Å². The molecule has 2 heterocycles. The number of benzene rings is 2. The summed E-state index contributed by atoms with van der Waals surface area (Å²) in [6.45, 7) is -0.214. The predicted octanol–water partition coefficient (Wildman–Crippen LogP) is 3.36. The molecule has 2 N–H and O–H groups in total. The van der Waals surface area contributed by atoms with Gasteiger partial charge in [-0.05, 0) is 41.5 Å². The number of fused-ring (bicyclic) bond motifs is 1. The molecule has 2 aliphatic heterocycles. The molecule has 10 nitrogen and oxygen atoms in total. The number of non-ortho nitro benzene ring substituents is 1. The van der Waals surface area contributed by atoms with Crippen molar-refractivity contribution in [3.63, 3.8) is 0 Å². The quantitative estimate of drug-likeness (QED) is 0.237. The van der Waals surface area contributed by atoms with E-state index < -0.39 is 34.1 Å². The van der Waals surface area contributed by atoms with Gasteiger partial charge in [-0.1, -0.05) is 23.2 Å². The number of rotatable bonds is 7. The smallest absolute Gasteiger partial charge is 0.358 e.